The third-order valence-electron chi connectivity index (χ3n) is 3.26. The zero-order chi connectivity index (χ0) is 10.2. The van der Waals surface area contributed by atoms with Gasteiger partial charge in [-0.25, -0.2) is 8.78 Å². The Bertz CT molecular complexity index is 240. The molecule has 1 saturated carbocycles. The van der Waals surface area contributed by atoms with E-state index in [1.807, 2.05) is 0 Å². The van der Waals surface area contributed by atoms with E-state index in [2.05, 4.69) is 0 Å². The molecule has 2 aliphatic rings. The van der Waals surface area contributed by atoms with Crippen LogP contribution >= 0.6 is 0 Å². The van der Waals surface area contributed by atoms with Gasteiger partial charge in [-0.15, -0.1) is 0 Å². The topological polar surface area (TPSA) is 27.1 Å². The SMILES string of the molecule is N=C1CCCN1C1CCCCC1(F)F. The van der Waals surface area contributed by atoms with Crippen LogP contribution in [-0.2, 0) is 0 Å². The van der Waals surface area contributed by atoms with Crippen LogP contribution in [0, 0.1) is 5.41 Å². The van der Waals surface area contributed by atoms with Crippen LogP contribution in [0.3, 0.4) is 0 Å². The fourth-order valence-corrected chi connectivity index (χ4v) is 2.50. The van der Waals surface area contributed by atoms with Crippen molar-refractivity contribution in [2.24, 2.45) is 0 Å². The molecule has 0 aromatic rings. The molecular weight excluding hydrogens is 186 g/mol. The molecule has 14 heavy (non-hydrogen) atoms. The van der Waals surface area contributed by atoms with E-state index in [9.17, 15) is 8.78 Å². The van der Waals surface area contributed by atoms with E-state index in [1.165, 1.54) is 0 Å². The Kier molecular flexibility index (Phi) is 2.45. The third-order valence-corrected chi connectivity index (χ3v) is 3.26. The van der Waals surface area contributed by atoms with Crippen LogP contribution in [0.1, 0.15) is 38.5 Å². The lowest BCUT2D eigenvalue weighted by molar-refractivity contribution is -0.0878. The Morgan fingerprint density at radius 2 is 2.07 bits per heavy atom. The first kappa shape index (κ1) is 9.87. The molecule has 1 unspecified atom stereocenters. The van der Waals surface area contributed by atoms with Crippen LogP contribution in [0.15, 0.2) is 0 Å². The molecule has 0 amide bonds. The summed E-state index contributed by atoms with van der Waals surface area (Å²) in [5.74, 6) is -2.16. The van der Waals surface area contributed by atoms with Crippen molar-refractivity contribution >= 4 is 5.84 Å². The molecule has 1 N–H and O–H groups in total. The molecule has 4 heteroatoms. The van der Waals surface area contributed by atoms with Crippen LogP contribution in [0.25, 0.3) is 0 Å². The first-order chi connectivity index (χ1) is 6.61. The molecule has 0 aromatic heterocycles. The van der Waals surface area contributed by atoms with Gasteiger partial charge >= 0.3 is 0 Å². The van der Waals surface area contributed by atoms with Gasteiger partial charge in [0, 0.05) is 19.4 Å². The molecular formula is C10H16F2N2. The van der Waals surface area contributed by atoms with Gasteiger partial charge in [0.15, 0.2) is 0 Å². The predicted octanol–water partition coefficient (Wildman–Crippen LogP) is 2.64. The van der Waals surface area contributed by atoms with Crippen molar-refractivity contribution in [3.05, 3.63) is 0 Å². The van der Waals surface area contributed by atoms with Crippen molar-refractivity contribution in [3.8, 4) is 0 Å². The van der Waals surface area contributed by atoms with Gasteiger partial charge in [-0.1, -0.05) is 6.42 Å². The van der Waals surface area contributed by atoms with Crippen LogP contribution in [0.2, 0.25) is 0 Å². The van der Waals surface area contributed by atoms with Crippen LogP contribution in [0.5, 0.6) is 0 Å². The number of amidine groups is 1. The summed E-state index contributed by atoms with van der Waals surface area (Å²) in [7, 11) is 0. The molecule has 0 bridgehead atoms. The van der Waals surface area contributed by atoms with Gasteiger partial charge in [-0.2, -0.15) is 0 Å². The van der Waals surface area contributed by atoms with Crippen LogP contribution in [0.4, 0.5) is 8.78 Å². The fraction of sp³-hybridized carbons (Fsp3) is 0.900. The van der Waals surface area contributed by atoms with Gasteiger partial charge < -0.3 is 4.90 Å². The number of likely N-dealkylation sites (tertiary alicyclic amines) is 1. The third kappa shape index (κ3) is 1.62. The number of hydrogen-bond acceptors (Lipinski definition) is 1. The highest BCUT2D eigenvalue weighted by Crippen LogP contribution is 2.38. The van der Waals surface area contributed by atoms with Gasteiger partial charge in [0.1, 0.15) is 0 Å². The second-order valence-electron chi connectivity index (χ2n) is 4.27. The van der Waals surface area contributed by atoms with Gasteiger partial charge in [0.25, 0.3) is 5.92 Å². The smallest absolute Gasteiger partial charge is 0.268 e. The zero-order valence-electron chi connectivity index (χ0n) is 8.23. The Balaban J connectivity index is 2.11. The zero-order valence-corrected chi connectivity index (χ0v) is 8.23. The Morgan fingerprint density at radius 1 is 1.29 bits per heavy atom. The van der Waals surface area contributed by atoms with E-state index in [-0.39, 0.29) is 6.42 Å². The van der Waals surface area contributed by atoms with E-state index >= 15 is 0 Å². The molecule has 0 spiro atoms. The lowest BCUT2D eigenvalue weighted by atomic mass is 9.90. The number of hydrogen-bond donors (Lipinski definition) is 1. The highest BCUT2D eigenvalue weighted by molar-refractivity contribution is 5.81. The van der Waals surface area contributed by atoms with Gasteiger partial charge in [-0.05, 0) is 19.3 Å². The quantitative estimate of drug-likeness (QED) is 0.695. The molecule has 80 valence electrons. The summed E-state index contributed by atoms with van der Waals surface area (Å²) < 4.78 is 27.1. The average molecular weight is 202 g/mol. The highest BCUT2D eigenvalue weighted by atomic mass is 19.3. The number of alkyl halides is 2. The molecule has 2 fully saturated rings. The van der Waals surface area contributed by atoms with Gasteiger partial charge in [-0.3, -0.25) is 5.41 Å². The summed E-state index contributed by atoms with van der Waals surface area (Å²) in [6.07, 6.45) is 3.60. The molecule has 0 radical (unpaired) electrons. The molecule has 0 aromatic carbocycles. The minimum absolute atomic E-state index is 0.00144. The van der Waals surface area contributed by atoms with Crippen molar-refractivity contribution in [1.29, 1.82) is 5.41 Å². The fourth-order valence-electron chi connectivity index (χ4n) is 2.50. The second-order valence-corrected chi connectivity index (χ2v) is 4.27. The normalized spacial score (nSPS) is 32.3. The largest absolute Gasteiger partial charge is 0.352 e. The number of rotatable bonds is 1. The second kappa shape index (κ2) is 3.48. The Labute approximate surface area is 82.8 Å². The van der Waals surface area contributed by atoms with Crippen molar-refractivity contribution in [2.45, 2.75) is 50.5 Å². The van der Waals surface area contributed by atoms with Crippen molar-refractivity contribution in [2.75, 3.05) is 6.54 Å². The lowest BCUT2D eigenvalue weighted by Gasteiger charge is -2.38. The predicted molar refractivity (Wildman–Crippen MR) is 50.9 cm³/mol. The standard InChI is InChI=1S/C10H16F2N2/c11-10(12)6-2-1-4-8(10)14-7-3-5-9(14)13/h8,13H,1-7H2. The first-order valence-corrected chi connectivity index (χ1v) is 5.33. The van der Waals surface area contributed by atoms with Crippen molar-refractivity contribution in [3.63, 3.8) is 0 Å². The van der Waals surface area contributed by atoms with E-state index in [0.29, 0.717) is 31.6 Å². The van der Waals surface area contributed by atoms with Gasteiger partial charge in [0.05, 0.1) is 11.9 Å². The molecule has 1 atom stereocenters. The van der Waals surface area contributed by atoms with E-state index < -0.39 is 12.0 Å². The summed E-state index contributed by atoms with van der Waals surface area (Å²) in [5, 5.41) is 7.61. The molecule has 1 heterocycles. The van der Waals surface area contributed by atoms with E-state index in [0.717, 1.165) is 12.8 Å². The maximum Gasteiger partial charge on any atom is 0.268 e. The minimum Gasteiger partial charge on any atom is -0.352 e. The number of halogens is 2. The molecule has 2 rings (SSSR count). The molecule has 1 aliphatic carbocycles. The van der Waals surface area contributed by atoms with Crippen LogP contribution < -0.4 is 0 Å². The maximum atomic E-state index is 13.6. The van der Waals surface area contributed by atoms with Crippen LogP contribution in [-0.4, -0.2) is 29.2 Å². The Hall–Kier alpha value is -0.670. The van der Waals surface area contributed by atoms with E-state index in [4.69, 9.17) is 5.41 Å². The molecule has 2 nitrogen and oxygen atoms in total. The molecule has 1 saturated heterocycles. The monoisotopic (exact) mass is 202 g/mol. The van der Waals surface area contributed by atoms with Crippen molar-refractivity contribution < 1.29 is 8.78 Å². The Morgan fingerprint density at radius 3 is 2.64 bits per heavy atom. The maximum absolute atomic E-state index is 13.6. The number of nitrogens with one attached hydrogen (secondary N) is 1. The summed E-state index contributed by atoms with van der Waals surface area (Å²) in [6.45, 7) is 0.652. The van der Waals surface area contributed by atoms with Crippen molar-refractivity contribution in [1.82, 2.24) is 4.90 Å². The van der Waals surface area contributed by atoms with Gasteiger partial charge in [0.2, 0.25) is 0 Å². The highest BCUT2D eigenvalue weighted by Gasteiger charge is 2.46. The summed E-state index contributed by atoms with van der Waals surface area (Å²) in [6, 6.07) is -0.689. The van der Waals surface area contributed by atoms with E-state index in [1.54, 1.807) is 4.90 Å². The first-order valence-electron chi connectivity index (χ1n) is 5.33. The number of nitrogens with zero attached hydrogens (tertiary/aromatic N) is 1. The minimum atomic E-state index is -2.57. The summed E-state index contributed by atoms with van der Waals surface area (Å²) >= 11 is 0. The summed E-state index contributed by atoms with van der Waals surface area (Å²) in [4.78, 5) is 1.62. The molecule has 1 aliphatic heterocycles. The average Bonchev–Trinajstić information content (AvgIpc) is 2.51. The lowest BCUT2D eigenvalue weighted by Crippen LogP contribution is -2.50. The summed E-state index contributed by atoms with van der Waals surface area (Å²) in [5.41, 5.74) is 0.